The molecule has 0 aliphatic carbocycles. The molecule has 0 aliphatic rings. The molecule has 2 aromatic rings. The van der Waals surface area contributed by atoms with Crippen molar-refractivity contribution in [3.05, 3.63) is 53.6 Å². The Morgan fingerprint density at radius 3 is 2.71 bits per heavy atom. The van der Waals surface area contributed by atoms with Gasteiger partial charge < -0.3 is 15.8 Å². The van der Waals surface area contributed by atoms with Crippen LogP contribution in [0, 0.1) is 13.8 Å². The molecule has 2 rings (SSSR count). The Kier molecular flexibility index (Phi) is 4.82. The molecule has 21 heavy (non-hydrogen) atoms. The van der Waals surface area contributed by atoms with E-state index in [1.807, 2.05) is 56.3 Å². The fourth-order valence-corrected chi connectivity index (χ4v) is 1.97. The second-order valence-electron chi connectivity index (χ2n) is 4.98. The summed E-state index contributed by atoms with van der Waals surface area (Å²) in [6, 6.07) is 13.2. The highest BCUT2D eigenvalue weighted by molar-refractivity contribution is 5.92. The van der Waals surface area contributed by atoms with E-state index in [4.69, 9.17) is 10.5 Å². The van der Waals surface area contributed by atoms with E-state index in [1.165, 1.54) is 0 Å². The van der Waals surface area contributed by atoms with Crippen LogP contribution in [0.2, 0.25) is 0 Å². The minimum Gasteiger partial charge on any atom is -0.493 e. The second-order valence-corrected chi connectivity index (χ2v) is 4.98. The topological polar surface area (TPSA) is 64.3 Å². The molecule has 110 valence electrons. The number of nitrogen functional groups attached to an aromatic ring is 1. The molecule has 4 nitrogen and oxygen atoms in total. The van der Waals surface area contributed by atoms with Crippen LogP contribution >= 0.6 is 0 Å². The Bertz CT molecular complexity index is 638. The molecule has 0 unspecified atom stereocenters. The number of hydrogen-bond donors (Lipinski definition) is 2. The smallest absolute Gasteiger partial charge is 0.227 e. The number of nitrogens with one attached hydrogen (secondary N) is 1. The average Bonchev–Trinajstić information content (AvgIpc) is 2.44. The summed E-state index contributed by atoms with van der Waals surface area (Å²) in [6.07, 6.45) is 0.294. The lowest BCUT2D eigenvalue weighted by Crippen LogP contribution is -2.16. The average molecular weight is 284 g/mol. The number of carbonyl (C=O) groups is 1. The van der Waals surface area contributed by atoms with Gasteiger partial charge >= 0.3 is 0 Å². The quantitative estimate of drug-likeness (QED) is 0.828. The highest BCUT2D eigenvalue weighted by Gasteiger charge is 2.06. The fraction of sp³-hybridized carbons (Fsp3) is 0.235. The molecule has 4 heteroatoms. The summed E-state index contributed by atoms with van der Waals surface area (Å²) < 4.78 is 5.56. The Morgan fingerprint density at radius 1 is 1.19 bits per heavy atom. The van der Waals surface area contributed by atoms with Gasteiger partial charge in [0.25, 0.3) is 0 Å². The van der Waals surface area contributed by atoms with Crippen molar-refractivity contribution in [1.29, 1.82) is 0 Å². The van der Waals surface area contributed by atoms with Crippen LogP contribution in [-0.4, -0.2) is 12.5 Å². The normalized spacial score (nSPS) is 10.2. The Balaban J connectivity index is 1.84. The fourth-order valence-electron chi connectivity index (χ4n) is 1.97. The molecule has 0 fully saturated rings. The van der Waals surface area contributed by atoms with Crippen LogP contribution in [0.4, 0.5) is 11.4 Å². The number of benzene rings is 2. The molecule has 2 aromatic carbocycles. The first-order valence-electron chi connectivity index (χ1n) is 6.90. The van der Waals surface area contributed by atoms with Gasteiger partial charge in [0, 0.05) is 11.4 Å². The van der Waals surface area contributed by atoms with Crippen molar-refractivity contribution in [2.24, 2.45) is 0 Å². The van der Waals surface area contributed by atoms with Crippen LogP contribution in [0.15, 0.2) is 42.5 Å². The maximum absolute atomic E-state index is 11.9. The van der Waals surface area contributed by atoms with E-state index in [1.54, 1.807) is 0 Å². The number of carbonyl (C=O) groups excluding carboxylic acids is 1. The van der Waals surface area contributed by atoms with Gasteiger partial charge in [-0.2, -0.15) is 0 Å². The van der Waals surface area contributed by atoms with Gasteiger partial charge in [-0.25, -0.2) is 0 Å². The Morgan fingerprint density at radius 2 is 1.95 bits per heavy atom. The van der Waals surface area contributed by atoms with Crippen LogP contribution in [0.25, 0.3) is 0 Å². The first-order chi connectivity index (χ1) is 10.1. The first kappa shape index (κ1) is 14.9. The van der Waals surface area contributed by atoms with Crippen molar-refractivity contribution in [2.75, 3.05) is 17.7 Å². The summed E-state index contributed by atoms with van der Waals surface area (Å²) >= 11 is 0. The van der Waals surface area contributed by atoms with Gasteiger partial charge in [-0.1, -0.05) is 18.2 Å². The zero-order valence-electron chi connectivity index (χ0n) is 12.3. The molecule has 0 saturated carbocycles. The van der Waals surface area contributed by atoms with Crippen LogP contribution in [-0.2, 0) is 4.79 Å². The minimum atomic E-state index is -0.0867. The summed E-state index contributed by atoms with van der Waals surface area (Å²) in [5.41, 5.74) is 9.24. The van der Waals surface area contributed by atoms with Gasteiger partial charge in [0.1, 0.15) is 5.75 Å². The molecular formula is C17H20N2O2. The highest BCUT2D eigenvalue weighted by Crippen LogP contribution is 2.20. The Labute approximate surface area is 124 Å². The SMILES string of the molecule is Cc1cccc(OCCC(=O)Nc2cccc(N)c2C)c1. The number of hydrogen-bond acceptors (Lipinski definition) is 3. The molecule has 0 radical (unpaired) electrons. The summed E-state index contributed by atoms with van der Waals surface area (Å²) in [6.45, 7) is 4.23. The number of aryl methyl sites for hydroxylation is 1. The highest BCUT2D eigenvalue weighted by atomic mass is 16.5. The summed E-state index contributed by atoms with van der Waals surface area (Å²) in [5.74, 6) is 0.694. The lowest BCUT2D eigenvalue weighted by Gasteiger charge is -2.11. The molecule has 0 heterocycles. The van der Waals surface area contributed by atoms with Crippen molar-refractivity contribution in [3.8, 4) is 5.75 Å². The largest absolute Gasteiger partial charge is 0.493 e. The third kappa shape index (κ3) is 4.24. The van der Waals surface area contributed by atoms with E-state index >= 15 is 0 Å². The predicted molar refractivity (Wildman–Crippen MR) is 85.5 cm³/mol. The van der Waals surface area contributed by atoms with E-state index in [9.17, 15) is 4.79 Å². The predicted octanol–water partition coefficient (Wildman–Crippen LogP) is 3.29. The number of anilines is 2. The molecule has 0 aliphatic heterocycles. The van der Waals surface area contributed by atoms with Crippen molar-refractivity contribution in [1.82, 2.24) is 0 Å². The third-order valence-electron chi connectivity index (χ3n) is 3.24. The number of ether oxygens (including phenoxy) is 1. The number of rotatable bonds is 5. The van der Waals surface area contributed by atoms with Crippen molar-refractivity contribution in [3.63, 3.8) is 0 Å². The van der Waals surface area contributed by atoms with Gasteiger partial charge in [-0.05, 0) is 49.2 Å². The molecular weight excluding hydrogens is 264 g/mol. The second kappa shape index (κ2) is 6.79. The van der Waals surface area contributed by atoms with Crippen molar-refractivity contribution >= 4 is 17.3 Å². The first-order valence-corrected chi connectivity index (χ1v) is 6.90. The molecule has 3 N–H and O–H groups in total. The molecule has 0 bridgehead atoms. The monoisotopic (exact) mass is 284 g/mol. The number of amides is 1. The van der Waals surface area contributed by atoms with Gasteiger partial charge in [-0.3, -0.25) is 4.79 Å². The molecule has 0 spiro atoms. The zero-order valence-corrected chi connectivity index (χ0v) is 12.3. The van der Waals surface area contributed by atoms with E-state index in [2.05, 4.69) is 5.32 Å². The minimum absolute atomic E-state index is 0.0867. The van der Waals surface area contributed by atoms with Crippen molar-refractivity contribution in [2.45, 2.75) is 20.3 Å². The Hall–Kier alpha value is -2.49. The van der Waals surface area contributed by atoms with Crippen LogP contribution < -0.4 is 15.8 Å². The lowest BCUT2D eigenvalue weighted by molar-refractivity contribution is -0.116. The standard InChI is InChI=1S/C17H20N2O2/c1-12-5-3-6-14(11-12)21-10-9-17(20)19-16-8-4-7-15(18)13(16)2/h3-8,11H,9-10,18H2,1-2H3,(H,19,20). The molecule has 1 amide bonds. The summed E-state index contributed by atoms with van der Waals surface area (Å²) in [7, 11) is 0. The maximum Gasteiger partial charge on any atom is 0.227 e. The van der Waals surface area contributed by atoms with Crippen LogP contribution in [0.5, 0.6) is 5.75 Å². The third-order valence-corrected chi connectivity index (χ3v) is 3.24. The lowest BCUT2D eigenvalue weighted by atomic mass is 10.1. The molecule has 0 aromatic heterocycles. The molecule has 0 saturated heterocycles. The van der Waals surface area contributed by atoms with Crippen LogP contribution in [0.1, 0.15) is 17.5 Å². The van der Waals surface area contributed by atoms with Crippen LogP contribution in [0.3, 0.4) is 0 Å². The van der Waals surface area contributed by atoms with Crippen molar-refractivity contribution < 1.29 is 9.53 Å². The summed E-state index contributed by atoms with van der Waals surface area (Å²) in [4.78, 5) is 11.9. The van der Waals surface area contributed by atoms with E-state index in [0.717, 1.165) is 22.6 Å². The van der Waals surface area contributed by atoms with Gasteiger partial charge in [0.05, 0.1) is 13.0 Å². The van der Waals surface area contributed by atoms with E-state index in [0.29, 0.717) is 18.7 Å². The van der Waals surface area contributed by atoms with Gasteiger partial charge in [0.2, 0.25) is 5.91 Å². The summed E-state index contributed by atoms with van der Waals surface area (Å²) in [5, 5.41) is 2.85. The molecule has 0 atom stereocenters. The van der Waals surface area contributed by atoms with Gasteiger partial charge in [-0.15, -0.1) is 0 Å². The van der Waals surface area contributed by atoms with E-state index < -0.39 is 0 Å². The maximum atomic E-state index is 11.9. The number of nitrogens with two attached hydrogens (primary N) is 1. The van der Waals surface area contributed by atoms with Gasteiger partial charge in [0.15, 0.2) is 0 Å². The zero-order chi connectivity index (χ0) is 15.2. The van der Waals surface area contributed by atoms with E-state index in [-0.39, 0.29) is 5.91 Å².